The van der Waals surface area contributed by atoms with Crippen molar-refractivity contribution >= 4 is 38.9 Å². The van der Waals surface area contributed by atoms with E-state index >= 15 is 0 Å². The molecule has 0 aromatic heterocycles. The van der Waals surface area contributed by atoms with Crippen LogP contribution in [0, 0.1) is 0 Å². The van der Waals surface area contributed by atoms with Crippen molar-refractivity contribution in [1.29, 1.82) is 0 Å². The van der Waals surface area contributed by atoms with Crippen molar-refractivity contribution in [3.8, 4) is 11.1 Å². The summed E-state index contributed by atoms with van der Waals surface area (Å²) in [5.41, 5.74) is 9.11. The van der Waals surface area contributed by atoms with Gasteiger partial charge in [0.1, 0.15) is 5.76 Å². The normalized spacial score (nSPS) is 15.8. The van der Waals surface area contributed by atoms with E-state index < -0.39 is 15.8 Å². The molecule has 0 saturated carbocycles. The van der Waals surface area contributed by atoms with Crippen molar-refractivity contribution in [3.63, 3.8) is 0 Å². The second-order valence-corrected chi connectivity index (χ2v) is 13.9. The Bertz CT molecular complexity index is 2130. The SMILES string of the molecule is CCC1(CC)c2cc(/C=C3/OC(=O)C(S(=O)(=O)c4ccccc4)=C3C)ccc2-c2ccc(N(c3ccccc3)c3ccccc3)cc21. The fraction of sp³-hybridized carbons (Fsp3) is 0.146. The number of rotatable bonds is 8. The van der Waals surface area contributed by atoms with Crippen LogP contribution in [0.5, 0.6) is 0 Å². The minimum atomic E-state index is -4.03. The number of nitrogens with zero attached hydrogens (tertiary/aromatic N) is 1. The van der Waals surface area contributed by atoms with Gasteiger partial charge in [0.15, 0.2) is 4.91 Å². The molecule has 1 heterocycles. The molecule has 0 amide bonds. The Hall–Kier alpha value is -5.20. The Labute approximate surface area is 276 Å². The molecule has 0 unspecified atom stereocenters. The molecule has 2 aliphatic rings. The molecule has 0 radical (unpaired) electrons. The van der Waals surface area contributed by atoms with Crippen molar-refractivity contribution in [1.82, 2.24) is 0 Å². The van der Waals surface area contributed by atoms with E-state index in [0.717, 1.165) is 35.5 Å². The van der Waals surface area contributed by atoms with E-state index in [4.69, 9.17) is 4.74 Å². The molecule has 0 N–H and O–H groups in total. The second-order valence-electron chi connectivity index (χ2n) is 12.0. The van der Waals surface area contributed by atoms with E-state index in [1.165, 1.54) is 34.4 Å². The third-order valence-corrected chi connectivity index (χ3v) is 11.5. The molecule has 0 bridgehead atoms. The summed E-state index contributed by atoms with van der Waals surface area (Å²) in [7, 11) is -4.03. The Morgan fingerprint density at radius 1 is 0.681 bits per heavy atom. The third kappa shape index (κ3) is 5.00. The lowest BCUT2D eigenvalue weighted by Gasteiger charge is -2.32. The third-order valence-electron chi connectivity index (χ3n) is 9.58. The first kappa shape index (κ1) is 30.5. The van der Waals surface area contributed by atoms with Gasteiger partial charge in [-0.3, -0.25) is 0 Å². The van der Waals surface area contributed by atoms with Crippen molar-refractivity contribution in [2.24, 2.45) is 0 Å². The van der Waals surface area contributed by atoms with Crippen LogP contribution in [0.1, 0.15) is 50.3 Å². The monoisotopic (exact) mass is 637 g/mol. The smallest absolute Gasteiger partial charge is 0.355 e. The molecule has 0 atom stereocenters. The maximum atomic E-state index is 13.4. The van der Waals surface area contributed by atoms with Crippen molar-refractivity contribution in [2.45, 2.75) is 43.9 Å². The fourth-order valence-corrected chi connectivity index (χ4v) is 8.66. The summed E-state index contributed by atoms with van der Waals surface area (Å²) in [5.74, 6) is -0.598. The number of carbonyl (C=O) groups is 1. The number of benzene rings is 5. The first-order valence-electron chi connectivity index (χ1n) is 15.9. The number of cyclic esters (lactones) is 1. The van der Waals surface area contributed by atoms with E-state index in [1.807, 2.05) is 18.2 Å². The van der Waals surface area contributed by atoms with Crippen LogP contribution in [0.4, 0.5) is 17.1 Å². The van der Waals surface area contributed by atoms with E-state index in [1.54, 1.807) is 31.2 Å². The first-order valence-corrected chi connectivity index (χ1v) is 17.4. The lowest BCUT2D eigenvalue weighted by Crippen LogP contribution is -2.23. The number of sulfone groups is 1. The topological polar surface area (TPSA) is 63.7 Å². The fourth-order valence-electron chi connectivity index (χ4n) is 7.15. The number of ether oxygens (including phenoxy) is 1. The van der Waals surface area contributed by atoms with Crippen molar-refractivity contribution in [2.75, 3.05) is 4.90 Å². The Kier molecular flexibility index (Phi) is 7.69. The van der Waals surface area contributed by atoms with Gasteiger partial charge in [0.2, 0.25) is 9.84 Å². The molecule has 0 saturated heterocycles. The van der Waals surface area contributed by atoms with Gasteiger partial charge in [-0.15, -0.1) is 0 Å². The minimum absolute atomic E-state index is 0.0657. The zero-order valence-corrected chi connectivity index (χ0v) is 27.4. The van der Waals surface area contributed by atoms with Crippen LogP contribution >= 0.6 is 0 Å². The van der Waals surface area contributed by atoms with Crippen LogP contribution in [-0.2, 0) is 24.8 Å². The molecule has 5 aromatic rings. The summed E-state index contributed by atoms with van der Waals surface area (Å²) >= 11 is 0. The molecule has 5 nitrogen and oxygen atoms in total. The summed E-state index contributed by atoms with van der Waals surface area (Å²) in [6.07, 6.45) is 3.58. The zero-order chi connectivity index (χ0) is 32.8. The largest absolute Gasteiger partial charge is 0.422 e. The number of allylic oxidation sites excluding steroid dienone is 1. The molecule has 5 aromatic carbocycles. The molecule has 0 fully saturated rings. The number of para-hydroxylation sites is 2. The predicted octanol–water partition coefficient (Wildman–Crippen LogP) is 9.89. The van der Waals surface area contributed by atoms with Crippen molar-refractivity contribution < 1.29 is 17.9 Å². The van der Waals surface area contributed by atoms with Crippen LogP contribution in [0.15, 0.2) is 149 Å². The highest BCUT2D eigenvalue weighted by molar-refractivity contribution is 7.96. The van der Waals surface area contributed by atoms with Crippen LogP contribution in [0.2, 0.25) is 0 Å². The lowest BCUT2D eigenvalue weighted by molar-refractivity contribution is -0.132. The van der Waals surface area contributed by atoms with Crippen LogP contribution in [0.25, 0.3) is 17.2 Å². The molecular weight excluding hydrogens is 603 g/mol. The van der Waals surface area contributed by atoms with Gasteiger partial charge < -0.3 is 9.64 Å². The summed E-state index contributed by atoms with van der Waals surface area (Å²) in [6, 6.07) is 41.9. The maximum absolute atomic E-state index is 13.4. The average Bonchev–Trinajstić information content (AvgIpc) is 3.55. The van der Waals surface area contributed by atoms with Gasteiger partial charge in [0, 0.05) is 28.1 Å². The van der Waals surface area contributed by atoms with Gasteiger partial charge in [-0.1, -0.05) is 92.7 Å². The molecule has 7 rings (SSSR count). The molecule has 6 heteroatoms. The predicted molar refractivity (Wildman–Crippen MR) is 188 cm³/mol. The van der Waals surface area contributed by atoms with Gasteiger partial charge in [-0.05, 0) is 102 Å². The second kappa shape index (κ2) is 11.9. The first-order chi connectivity index (χ1) is 22.8. The molecular formula is C41H35NO4S. The molecule has 1 aliphatic carbocycles. The number of hydrogen-bond donors (Lipinski definition) is 0. The molecule has 234 valence electrons. The van der Waals surface area contributed by atoms with Gasteiger partial charge >= 0.3 is 5.97 Å². The summed E-state index contributed by atoms with van der Waals surface area (Å²) in [5, 5.41) is 0. The van der Waals surface area contributed by atoms with Crippen LogP contribution in [-0.4, -0.2) is 14.4 Å². The summed E-state index contributed by atoms with van der Waals surface area (Å²) in [4.78, 5) is 15.0. The number of esters is 1. The van der Waals surface area contributed by atoms with E-state index in [2.05, 4.69) is 97.6 Å². The van der Waals surface area contributed by atoms with Crippen molar-refractivity contribution in [3.05, 3.63) is 160 Å². The van der Waals surface area contributed by atoms with E-state index in [0.29, 0.717) is 5.57 Å². The highest BCUT2D eigenvalue weighted by atomic mass is 32.2. The van der Waals surface area contributed by atoms with Gasteiger partial charge in [-0.25, -0.2) is 13.2 Å². The Morgan fingerprint density at radius 3 is 1.79 bits per heavy atom. The highest BCUT2D eigenvalue weighted by Crippen LogP contribution is 2.54. The van der Waals surface area contributed by atoms with Crippen LogP contribution in [0.3, 0.4) is 0 Å². The van der Waals surface area contributed by atoms with Gasteiger partial charge in [0.05, 0.1) is 4.90 Å². The zero-order valence-electron chi connectivity index (χ0n) is 26.6. The molecule has 47 heavy (non-hydrogen) atoms. The summed E-state index contributed by atoms with van der Waals surface area (Å²) < 4.78 is 32.3. The standard InChI is InChI=1S/C41H35NO4S/c1-4-41(5-2)36-25-29(26-38-28(3)39(40(43)46-38)47(44,45)33-19-13-8-14-20-33)21-23-34(36)35-24-22-32(27-37(35)41)42(30-15-9-6-10-16-30)31-17-11-7-12-18-31/h6-27H,4-5H2,1-3H3/b38-26+. The highest BCUT2D eigenvalue weighted by Gasteiger charge is 2.42. The molecule has 1 aliphatic heterocycles. The van der Waals surface area contributed by atoms with Gasteiger partial charge in [-0.2, -0.15) is 0 Å². The number of carbonyl (C=O) groups excluding carboxylic acids is 1. The van der Waals surface area contributed by atoms with E-state index in [9.17, 15) is 13.2 Å². The number of hydrogen-bond acceptors (Lipinski definition) is 5. The quantitative estimate of drug-likeness (QED) is 0.159. The maximum Gasteiger partial charge on any atom is 0.355 e. The Balaban J connectivity index is 1.31. The number of anilines is 3. The van der Waals surface area contributed by atoms with Gasteiger partial charge in [0.25, 0.3) is 0 Å². The summed E-state index contributed by atoms with van der Waals surface area (Å²) in [6.45, 7) is 6.10. The Morgan fingerprint density at radius 2 is 1.21 bits per heavy atom. The lowest BCUT2D eigenvalue weighted by atomic mass is 9.73. The average molecular weight is 638 g/mol. The minimum Gasteiger partial charge on any atom is -0.422 e. The number of fused-ring (bicyclic) bond motifs is 3. The molecule has 0 spiro atoms. The van der Waals surface area contributed by atoms with Crippen LogP contribution < -0.4 is 4.90 Å². The van der Waals surface area contributed by atoms with E-state index in [-0.39, 0.29) is 21.0 Å².